The molecule has 5 nitrogen and oxygen atoms in total. The first-order valence-corrected chi connectivity index (χ1v) is 7.91. The van der Waals surface area contributed by atoms with E-state index in [-0.39, 0.29) is 5.56 Å². The third-order valence-electron chi connectivity index (χ3n) is 3.97. The number of aromatic nitrogens is 1. The lowest BCUT2D eigenvalue weighted by atomic mass is 10.1. The van der Waals surface area contributed by atoms with Gasteiger partial charge in [0.15, 0.2) is 11.5 Å². The molecule has 124 valence electrons. The number of carboxylic acid groups (broad SMARTS) is 1. The Morgan fingerprint density at radius 1 is 1.00 bits per heavy atom. The Bertz CT molecular complexity index is 980. The van der Waals surface area contributed by atoms with E-state index in [0.29, 0.717) is 41.3 Å². The van der Waals surface area contributed by atoms with Gasteiger partial charge in [-0.1, -0.05) is 36.4 Å². The summed E-state index contributed by atoms with van der Waals surface area (Å²) in [6, 6.07) is 14.8. The molecule has 2 heterocycles. The smallest absolute Gasteiger partial charge is 0.336 e. The van der Waals surface area contributed by atoms with Crippen LogP contribution in [0.2, 0.25) is 0 Å². The van der Waals surface area contributed by atoms with Crippen molar-refractivity contribution in [1.29, 1.82) is 0 Å². The molecule has 5 heteroatoms. The Morgan fingerprint density at radius 2 is 1.72 bits per heavy atom. The maximum absolute atomic E-state index is 11.7. The summed E-state index contributed by atoms with van der Waals surface area (Å²) in [4.78, 5) is 16.2. The number of ether oxygens (including phenoxy) is 2. The van der Waals surface area contributed by atoms with Gasteiger partial charge >= 0.3 is 5.97 Å². The van der Waals surface area contributed by atoms with Crippen molar-refractivity contribution in [2.45, 2.75) is 0 Å². The lowest BCUT2D eigenvalue weighted by molar-refractivity contribution is 0.0699. The molecular formula is C20H15NO4. The van der Waals surface area contributed by atoms with Crippen LogP contribution >= 0.6 is 0 Å². The molecule has 25 heavy (non-hydrogen) atoms. The van der Waals surface area contributed by atoms with Crippen LogP contribution in [-0.2, 0) is 0 Å². The minimum Gasteiger partial charge on any atom is -0.486 e. The van der Waals surface area contributed by atoms with Gasteiger partial charge in [0.05, 0.1) is 16.8 Å². The molecule has 0 fully saturated rings. The van der Waals surface area contributed by atoms with Crippen LogP contribution in [0.5, 0.6) is 11.5 Å². The fraction of sp³-hybridized carbons (Fsp3) is 0.100. The van der Waals surface area contributed by atoms with E-state index in [0.717, 1.165) is 5.56 Å². The normalized spacial score (nSPS) is 13.3. The molecule has 1 aromatic heterocycles. The molecule has 0 amide bonds. The number of carbonyl (C=O) groups is 1. The van der Waals surface area contributed by atoms with Crippen LogP contribution in [0, 0.1) is 0 Å². The molecule has 0 bridgehead atoms. The molecular weight excluding hydrogens is 318 g/mol. The molecule has 0 aliphatic carbocycles. The highest BCUT2D eigenvalue weighted by Gasteiger charge is 2.18. The lowest BCUT2D eigenvalue weighted by Gasteiger charge is -2.19. The second kappa shape index (κ2) is 6.28. The van der Waals surface area contributed by atoms with Gasteiger partial charge in [-0.15, -0.1) is 0 Å². The summed E-state index contributed by atoms with van der Waals surface area (Å²) in [5.74, 6) is 0.140. The van der Waals surface area contributed by atoms with Crippen LogP contribution in [0.25, 0.3) is 23.1 Å². The zero-order valence-corrected chi connectivity index (χ0v) is 13.3. The molecule has 0 spiro atoms. The van der Waals surface area contributed by atoms with E-state index in [1.165, 1.54) is 0 Å². The summed E-state index contributed by atoms with van der Waals surface area (Å²) < 4.78 is 11.1. The molecule has 0 radical (unpaired) electrons. The number of rotatable bonds is 3. The number of fused-ring (bicyclic) bond motifs is 2. The van der Waals surface area contributed by atoms with Gasteiger partial charge in [0.1, 0.15) is 13.2 Å². The van der Waals surface area contributed by atoms with E-state index in [4.69, 9.17) is 9.47 Å². The van der Waals surface area contributed by atoms with Crippen molar-refractivity contribution in [3.8, 4) is 11.5 Å². The van der Waals surface area contributed by atoms with Gasteiger partial charge in [0.2, 0.25) is 0 Å². The summed E-state index contributed by atoms with van der Waals surface area (Å²) in [6.45, 7) is 0.921. The maximum atomic E-state index is 11.7. The number of hydrogen-bond acceptors (Lipinski definition) is 4. The summed E-state index contributed by atoms with van der Waals surface area (Å²) >= 11 is 0. The van der Waals surface area contributed by atoms with Crippen molar-refractivity contribution < 1.29 is 19.4 Å². The molecule has 3 aromatic rings. The quantitative estimate of drug-likeness (QED) is 0.788. The predicted octanol–water partition coefficient (Wildman–Crippen LogP) is 3.87. The van der Waals surface area contributed by atoms with Gasteiger partial charge in [0, 0.05) is 11.5 Å². The minimum atomic E-state index is -1.00. The summed E-state index contributed by atoms with van der Waals surface area (Å²) in [5.41, 5.74) is 2.35. The van der Waals surface area contributed by atoms with Crippen molar-refractivity contribution >= 4 is 29.0 Å². The van der Waals surface area contributed by atoms with E-state index in [9.17, 15) is 9.90 Å². The Hall–Kier alpha value is -3.34. The molecule has 0 unspecified atom stereocenters. The second-order valence-corrected chi connectivity index (χ2v) is 5.66. The highest BCUT2D eigenvalue weighted by Crippen LogP contribution is 2.35. The third-order valence-corrected chi connectivity index (χ3v) is 3.97. The van der Waals surface area contributed by atoms with E-state index in [2.05, 4.69) is 4.98 Å². The first-order valence-electron chi connectivity index (χ1n) is 7.91. The first-order chi connectivity index (χ1) is 12.2. The minimum absolute atomic E-state index is 0.190. The van der Waals surface area contributed by atoms with Crippen molar-refractivity contribution in [2.75, 3.05) is 13.2 Å². The first kappa shape index (κ1) is 15.2. The summed E-state index contributed by atoms with van der Waals surface area (Å²) in [6.07, 6.45) is 3.70. The van der Waals surface area contributed by atoms with Crippen molar-refractivity contribution in [3.63, 3.8) is 0 Å². The Kier molecular flexibility index (Phi) is 3.82. The van der Waals surface area contributed by atoms with Crippen molar-refractivity contribution in [1.82, 2.24) is 4.98 Å². The molecule has 1 N–H and O–H groups in total. The molecule has 1 aliphatic rings. The van der Waals surface area contributed by atoms with E-state index >= 15 is 0 Å². The Morgan fingerprint density at radius 3 is 2.44 bits per heavy atom. The number of carboxylic acids is 1. The fourth-order valence-electron chi connectivity index (χ4n) is 2.79. The second-order valence-electron chi connectivity index (χ2n) is 5.66. The molecule has 0 saturated heterocycles. The van der Waals surface area contributed by atoms with Crippen LogP contribution in [0.3, 0.4) is 0 Å². The Labute approximate surface area is 144 Å². The van der Waals surface area contributed by atoms with Gasteiger partial charge in [-0.05, 0) is 23.8 Å². The average molecular weight is 333 g/mol. The van der Waals surface area contributed by atoms with Gasteiger partial charge in [0.25, 0.3) is 0 Å². The van der Waals surface area contributed by atoms with Gasteiger partial charge in [-0.2, -0.15) is 0 Å². The summed E-state index contributed by atoms with van der Waals surface area (Å²) in [5, 5.41) is 10.1. The topological polar surface area (TPSA) is 68.7 Å². The third kappa shape index (κ3) is 3.04. The van der Waals surface area contributed by atoms with Gasteiger partial charge in [-0.3, -0.25) is 0 Å². The number of nitrogens with zero attached hydrogens (tertiary/aromatic N) is 1. The molecule has 4 rings (SSSR count). The van der Waals surface area contributed by atoms with Crippen molar-refractivity contribution in [2.24, 2.45) is 0 Å². The van der Waals surface area contributed by atoms with Crippen LogP contribution < -0.4 is 9.47 Å². The number of hydrogen-bond donors (Lipinski definition) is 1. The van der Waals surface area contributed by atoms with E-state index < -0.39 is 5.97 Å². The molecule has 2 aromatic carbocycles. The zero-order chi connectivity index (χ0) is 17.2. The highest BCUT2D eigenvalue weighted by molar-refractivity contribution is 6.04. The lowest BCUT2D eigenvalue weighted by Crippen LogP contribution is -2.15. The monoisotopic (exact) mass is 333 g/mol. The van der Waals surface area contributed by atoms with E-state index in [1.54, 1.807) is 24.3 Å². The molecule has 0 atom stereocenters. The average Bonchev–Trinajstić information content (AvgIpc) is 2.64. The largest absolute Gasteiger partial charge is 0.486 e. The van der Waals surface area contributed by atoms with Crippen molar-refractivity contribution in [3.05, 3.63) is 65.4 Å². The van der Waals surface area contributed by atoms with Gasteiger partial charge in [-0.25, -0.2) is 9.78 Å². The Balaban J connectivity index is 1.83. The maximum Gasteiger partial charge on any atom is 0.336 e. The standard InChI is InChI=1S/C20H15NO4/c22-20(23)16-10-14(7-6-13-4-2-1-3-5-13)21-17-12-19-18(11-15(16)17)24-8-9-25-19/h1-7,10-12H,8-9H2,(H,22,23)/b7-6+. The zero-order valence-electron chi connectivity index (χ0n) is 13.3. The fourth-order valence-corrected chi connectivity index (χ4v) is 2.79. The SMILES string of the molecule is O=C(O)c1cc(/C=C/c2ccccc2)nc2cc3c(cc12)OCCO3. The number of aromatic carboxylic acids is 1. The highest BCUT2D eigenvalue weighted by atomic mass is 16.6. The van der Waals surface area contributed by atoms with Crippen LogP contribution in [0.4, 0.5) is 0 Å². The molecule has 1 aliphatic heterocycles. The molecule has 0 saturated carbocycles. The van der Waals surface area contributed by atoms with Gasteiger partial charge < -0.3 is 14.6 Å². The number of pyridine rings is 1. The number of benzene rings is 2. The summed E-state index contributed by atoms with van der Waals surface area (Å²) in [7, 11) is 0. The van der Waals surface area contributed by atoms with Crippen LogP contribution in [0.1, 0.15) is 21.6 Å². The predicted molar refractivity (Wildman–Crippen MR) is 95.1 cm³/mol. The van der Waals surface area contributed by atoms with Crippen LogP contribution in [-0.4, -0.2) is 29.3 Å². The van der Waals surface area contributed by atoms with E-state index in [1.807, 2.05) is 36.4 Å². The van der Waals surface area contributed by atoms with Crippen LogP contribution in [0.15, 0.2) is 48.5 Å².